The van der Waals surface area contributed by atoms with Gasteiger partial charge in [0.05, 0.1) is 0 Å². The van der Waals surface area contributed by atoms with Crippen molar-refractivity contribution in [2.75, 3.05) is 7.05 Å². The Kier molecular flexibility index (Phi) is 4.99. The van der Waals surface area contributed by atoms with E-state index < -0.39 is 11.5 Å². The minimum atomic E-state index is -0.636. The second-order valence-electron chi connectivity index (χ2n) is 5.77. The zero-order chi connectivity index (χ0) is 13.1. The molecule has 0 bridgehead atoms. The van der Waals surface area contributed by atoms with Gasteiger partial charge in [-0.2, -0.15) is 0 Å². The molecule has 1 aliphatic rings. The Morgan fingerprint density at radius 1 is 1.41 bits per heavy atom. The lowest BCUT2D eigenvalue weighted by Gasteiger charge is -2.45. The van der Waals surface area contributed by atoms with Gasteiger partial charge in [-0.25, -0.2) is 0 Å². The molecule has 1 N–H and O–H groups in total. The average Bonchev–Trinajstić information content (AvgIpc) is 2.29. The van der Waals surface area contributed by atoms with Crippen molar-refractivity contribution >= 4 is 5.97 Å². The fourth-order valence-electron chi connectivity index (χ4n) is 3.06. The van der Waals surface area contributed by atoms with Crippen LogP contribution in [-0.4, -0.2) is 34.6 Å². The quantitative estimate of drug-likeness (QED) is 0.804. The van der Waals surface area contributed by atoms with Crippen molar-refractivity contribution < 1.29 is 9.90 Å². The maximum atomic E-state index is 11.6. The van der Waals surface area contributed by atoms with Gasteiger partial charge in [0.1, 0.15) is 5.54 Å². The molecule has 0 spiro atoms. The molecule has 0 aromatic carbocycles. The van der Waals surface area contributed by atoms with Crippen molar-refractivity contribution in [3.63, 3.8) is 0 Å². The van der Waals surface area contributed by atoms with Gasteiger partial charge < -0.3 is 5.11 Å². The van der Waals surface area contributed by atoms with Crippen LogP contribution in [0.4, 0.5) is 0 Å². The number of likely N-dealkylation sites (N-methyl/N-ethyl adjacent to an activating group) is 1. The van der Waals surface area contributed by atoms with E-state index in [2.05, 4.69) is 25.7 Å². The third kappa shape index (κ3) is 3.01. The summed E-state index contributed by atoms with van der Waals surface area (Å²) in [5.74, 6) is 0.108. The third-order valence-corrected chi connectivity index (χ3v) is 4.48. The number of nitrogens with zero attached hydrogens (tertiary/aromatic N) is 1. The van der Waals surface area contributed by atoms with E-state index in [9.17, 15) is 9.90 Å². The van der Waals surface area contributed by atoms with E-state index in [4.69, 9.17) is 0 Å². The first-order valence-corrected chi connectivity index (χ1v) is 6.90. The summed E-state index contributed by atoms with van der Waals surface area (Å²) in [6, 6.07) is 0.286. The Labute approximate surface area is 105 Å². The SMILES string of the molecule is CCCC1CCC(C(=O)O)(N(C)C(C)C)CC1. The van der Waals surface area contributed by atoms with Crippen LogP contribution in [0.5, 0.6) is 0 Å². The molecule has 3 nitrogen and oxygen atoms in total. The predicted molar refractivity (Wildman–Crippen MR) is 70.1 cm³/mol. The minimum absolute atomic E-state index is 0.286. The summed E-state index contributed by atoms with van der Waals surface area (Å²) in [5.41, 5.74) is -0.613. The van der Waals surface area contributed by atoms with Crippen LogP contribution in [0.1, 0.15) is 59.3 Å². The van der Waals surface area contributed by atoms with Crippen LogP contribution in [-0.2, 0) is 4.79 Å². The van der Waals surface area contributed by atoms with E-state index in [0.29, 0.717) is 0 Å². The number of hydrogen-bond acceptors (Lipinski definition) is 2. The monoisotopic (exact) mass is 241 g/mol. The molecular weight excluding hydrogens is 214 g/mol. The molecule has 1 fully saturated rings. The minimum Gasteiger partial charge on any atom is -0.480 e. The first-order valence-electron chi connectivity index (χ1n) is 6.90. The number of carboxylic acids is 1. The summed E-state index contributed by atoms with van der Waals surface area (Å²) in [5, 5.41) is 9.58. The molecule has 0 unspecified atom stereocenters. The molecule has 0 aromatic rings. The summed E-state index contributed by atoms with van der Waals surface area (Å²) < 4.78 is 0. The zero-order valence-corrected chi connectivity index (χ0v) is 11.7. The van der Waals surface area contributed by atoms with Crippen molar-refractivity contribution in [2.45, 2.75) is 70.9 Å². The highest BCUT2D eigenvalue weighted by atomic mass is 16.4. The van der Waals surface area contributed by atoms with Crippen molar-refractivity contribution in [3.05, 3.63) is 0 Å². The van der Waals surface area contributed by atoms with E-state index in [1.54, 1.807) is 0 Å². The fraction of sp³-hybridized carbons (Fsp3) is 0.929. The van der Waals surface area contributed by atoms with Gasteiger partial charge in [0.15, 0.2) is 0 Å². The van der Waals surface area contributed by atoms with E-state index in [0.717, 1.165) is 31.6 Å². The van der Waals surface area contributed by atoms with Crippen molar-refractivity contribution in [2.24, 2.45) is 5.92 Å². The summed E-state index contributed by atoms with van der Waals surface area (Å²) in [4.78, 5) is 13.7. The number of carbonyl (C=O) groups is 1. The molecule has 0 radical (unpaired) electrons. The topological polar surface area (TPSA) is 40.5 Å². The first kappa shape index (κ1) is 14.5. The lowest BCUT2D eigenvalue weighted by molar-refractivity contribution is -0.155. The van der Waals surface area contributed by atoms with Gasteiger partial charge in [-0.15, -0.1) is 0 Å². The van der Waals surface area contributed by atoms with Crippen LogP contribution < -0.4 is 0 Å². The third-order valence-electron chi connectivity index (χ3n) is 4.48. The van der Waals surface area contributed by atoms with Crippen LogP contribution in [0.25, 0.3) is 0 Å². The lowest BCUT2D eigenvalue weighted by atomic mass is 9.74. The highest BCUT2D eigenvalue weighted by molar-refractivity contribution is 5.79. The Bertz CT molecular complexity index is 255. The summed E-state index contributed by atoms with van der Waals surface area (Å²) in [7, 11) is 1.96. The maximum Gasteiger partial charge on any atom is 0.324 e. The molecule has 0 heterocycles. The van der Waals surface area contributed by atoms with Gasteiger partial charge in [0.25, 0.3) is 0 Å². The molecule has 0 atom stereocenters. The van der Waals surface area contributed by atoms with Crippen molar-refractivity contribution in [1.82, 2.24) is 4.90 Å². The molecule has 1 saturated carbocycles. The van der Waals surface area contributed by atoms with Crippen molar-refractivity contribution in [3.8, 4) is 0 Å². The Morgan fingerprint density at radius 2 is 1.94 bits per heavy atom. The summed E-state index contributed by atoms with van der Waals surface area (Å²) in [6.07, 6.45) is 6.21. The second-order valence-corrected chi connectivity index (χ2v) is 5.77. The van der Waals surface area contributed by atoms with Gasteiger partial charge >= 0.3 is 5.97 Å². The van der Waals surface area contributed by atoms with E-state index in [1.165, 1.54) is 12.8 Å². The van der Waals surface area contributed by atoms with Gasteiger partial charge in [-0.3, -0.25) is 9.69 Å². The number of hydrogen-bond donors (Lipinski definition) is 1. The Morgan fingerprint density at radius 3 is 2.29 bits per heavy atom. The number of carboxylic acid groups (broad SMARTS) is 1. The molecule has 0 amide bonds. The first-order chi connectivity index (χ1) is 7.94. The fourth-order valence-corrected chi connectivity index (χ4v) is 3.06. The van der Waals surface area contributed by atoms with Crippen LogP contribution >= 0.6 is 0 Å². The van der Waals surface area contributed by atoms with Crippen LogP contribution in [0.3, 0.4) is 0 Å². The number of aliphatic carboxylic acids is 1. The molecule has 0 aromatic heterocycles. The highest BCUT2D eigenvalue weighted by Gasteiger charge is 2.45. The predicted octanol–water partition coefficient (Wildman–Crippen LogP) is 3.14. The standard InChI is InChI=1S/C14H27NO2/c1-5-6-12-7-9-14(10-8-12,13(16)17)15(4)11(2)3/h11-12H,5-10H2,1-4H3,(H,16,17). The van der Waals surface area contributed by atoms with Gasteiger partial charge in [0.2, 0.25) is 0 Å². The van der Waals surface area contributed by atoms with Gasteiger partial charge in [-0.1, -0.05) is 19.8 Å². The summed E-state index contributed by atoms with van der Waals surface area (Å²) in [6.45, 7) is 6.35. The smallest absolute Gasteiger partial charge is 0.324 e. The van der Waals surface area contributed by atoms with E-state index in [1.807, 2.05) is 7.05 Å². The maximum absolute atomic E-state index is 11.6. The highest BCUT2D eigenvalue weighted by Crippen LogP contribution is 2.38. The van der Waals surface area contributed by atoms with Crippen LogP contribution in [0, 0.1) is 5.92 Å². The molecule has 0 aliphatic heterocycles. The average molecular weight is 241 g/mol. The zero-order valence-electron chi connectivity index (χ0n) is 11.7. The lowest BCUT2D eigenvalue weighted by Crippen LogP contribution is -2.57. The number of rotatable bonds is 5. The largest absolute Gasteiger partial charge is 0.480 e. The molecule has 1 aliphatic carbocycles. The van der Waals surface area contributed by atoms with E-state index in [-0.39, 0.29) is 6.04 Å². The van der Waals surface area contributed by atoms with Crippen molar-refractivity contribution in [1.29, 1.82) is 0 Å². The van der Waals surface area contributed by atoms with Crippen LogP contribution in [0.2, 0.25) is 0 Å². The van der Waals surface area contributed by atoms with Gasteiger partial charge in [0, 0.05) is 6.04 Å². The molecule has 1 rings (SSSR count). The summed E-state index contributed by atoms with van der Waals surface area (Å²) >= 11 is 0. The molecule has 17 heavy (non-hydrogen) atoms. The molecule has 0 saturated heterocycles. The van der Waals surface area contributed by atoms with E-state index >= 15 is 0 Å². The van der Waals surface area contributed by atoms with Gasteiger partial charge in [-0.05, 0) is 52.5 Å². The molecule has 100 valence electrons. The molecular formula is C14H27NO2. The van der Waals surface area contributed by atoms with Crippen LogP contribution in [0.15, 0.2) is 0 Å². The second kappa shape index (κ2) is 5.85. The normalized spacial score (nSPS) is 29.9. The molecule has 3 heteroatoms. The Balaban J connectivity index is 2.74. The Hall–Kier alpha value is -0.570.